The number of carbonyl (C=O) groups excluding carboxylic acids is 1. The molecule has 0 bridgehead atoms. The van der Waals surface area contributed by atoms with Gasteiger partial charge in [-0.2, -0.15) is 0 Å². The number of aromatic nitrogens is 1. The maximum absolute atomic E-state index is 12.1. The molecule has 0 unspecified atom stereocenters. The molecule has 0 aliphatic heterocycles. The summed E-state index contributed by atoms with van der Waals surface area (Å²) in [5.41, 5.74) is 2.18. The molecule has 0 aliphatic rings. The molecular weight excluding hydrogens is 268 g/mol. The fourth-order valence-electron chi connectivity index (χ4n) is 1.76. The number of aryl methyl sites for hydroxylation is 1. The molecule has 0 saturated carbocycles. The van der Waals surface area contributed by atoms with Crippen molar-refractivity contribution >= 4 is 23.8 Å². The molecular formula is C16H14N2O3. The van der Waals surface area contributed by atoms with Gasteiger partial charge in [-0.3, -0.25) is 4.79 Å². The van der Waals surface area contributed by atoms with E-state index in [2.05, 4.69) is 10.3 Å². The summed E-state index contributed by atoms with van der Waals surface area (Å²) in [5.74, 6) is -0.920. The highest BCUT2D eigenvalue weighted by Crippen LogP contribution is 2.11. The zero-order valence-corrected chi connectivity index (χ0v) is 11.4. The normalized spacial score (nSPS) is 10.5. The van der Waals surface area contributed by atoms with Crippen LogP contribution in [0, 0.1) is 6.92 Å². The topological polar surface area (TPSA) is 79.3 Å². The number of carboxylic acid groups (broad SMARTS) is 1. The molecule has 0 spiro atoms. The Morgan fingerprint density at radius 1 is 1.24 bits per heavy atom. The van der Waals surface area contributed by atoms with Crippen LogP contribution in [0.25, 0.3) is 6.08 Å². The van der Waals surface area contributed by atoms with Crippen LogP contribution in [0.5, 0.6) is 0 Å². The van der Waals surface area contributed by atoms with E-state index in [4.69, 9.17) is 5.11 Å². The van der Waals surface area contributed by atoms with Crippen molar-refractivity contribution < 1.29 is 14.7 Å². The summed E-state index contributed by atoms with van der Waals surface area (Å²) in [5, 5.41) is 11.3. The number of aliphatic carboxylic acids is 1. The van der Waals surface area contributed by atoms with Gasteiger partial charge in [0.25, 0.3) is 5.91 Å². The van der Waals surface area contributed by atoms with E-state index in [-0.39, 0.29) is 5.91 Å². The summed E-state index contributed by atoms with van der Waals surface area (Å²) in [4.78, 5) is 26.6. The van der Waals surface area contributed by atoms with Crippen LogP contribution >= 0.6 is 0 Å². The van der Waals surface area contributed by atoms with Crippen molar-refractivity contribution in [3.05, 3.63) is 65.4 Å². The van der Waals surface area contributed by atoms with Gasteiger partial charge in [-0.15, -0.1) is 0 Å². The van der Waals surface area contributed by atoms with E-state index in [1.54, 1.807) is 24.3 Å². The monoisotopic (exact) mass is 282 g/mol. The predicted octanol–water partition coefficient (Wildman–Crippen LogP) is 2.74. The van der Waals surface area contributed by atoms with Crippen LogP contribution in [-0.4, -0.2) is 22.0 Å². The van der Waals surface area contributed by atoms with Gasteiger partial charge in [0.1, 0.15) is 5.82 Å². The van der Waals surface area contributed by atoms with Crippen LogP contribution in [0.1, 0.15) is 21.5 Å². The Balaban J connectivity index is 2.14. The third-order valence-corrected chi connectivity index (χ3v) is 2.72. The first-order chi connectivity index (χ1) is 10.0. The maximum atomic E-state index is 12.1. The molecule has 106 valence electrons. The number of carboxylic acids is 1. The Morgan fingerprint density at radius 3 is 2.76 bits per heavy atom. The molecule has 2 N–H and O–H groups in total. The molecule has 21 heavy (non-hydrogen) atoms. The lowest BCUT2D eigenvalue weighted by atomic mass is 10.1. The molecule has 0 fully saturated rings. The molecule has 5 heteroatoms. The quantitative estimate of drug-likeness (QED) is 0.845. The highest BCUT2D eigenvalue weighted by molar-refractivity contribution is 6.04. The van der Waals surface area contributed by atoms with Crippen molar-refractivity contribution in [2.75, 3.05) is 5.32 Å². The summed E-state index contributed by atoms with van der Waals surface area (Å²) < 4.78 is 0. The number of nitrogens with one attached hydrogen (secondary N) is 1. The minimum Gasteiger partial charge on any atom is -0.478 e. The molecule has 2 rings (SSSR count). The van der Waals surface area contributed by atoms with Crippen molar-refractivity contribution in [1.82, 2.24) is 4.98 Å². The van der Waals surface area contributed by atoms with E-state index in [1.165, 1.54) is 12.3 Å². The number of anilines is 1. The van der Waals surface area contributed by atoms with Crippen molar-refractivity contribution in [3.63, 3.8) is 0 Å². The van der Waals surface area contributed by atoms with Gasteiger partial charge in [0, 0.05) is 17.8 Å². The van der Waals surface area contributed by atoms with Crippen LogP contribution in [-0.2, 0) is 4.79 Å². The number of pyridine rings is 1. The number of hydrogen-bond acceptors (Lipinski definition) is 3. The maximum Gasteiger partial charge on any atom is 0.328 e. The third-order valence-electron chi connectivity index (χ3n) is 2.72. The van der Waals surface area contributed by atoms with Crippen molar-refractivity contribution in [1.29, 1.82) is 0 Å². The Labute approximate surface area is 122 Å². The van der Waals surface area contributed by atoms with Gasteiger partial charge in [0.05, 0.1) is 0 Å². The second-order valence-electron chi connectivity index (χ2n) is 4.47. The van der Waals surface area contributed by atoms with Crippen molar-refractivity contribution in [3.8, 4) is 0 Å². The Hall–Kier alpha value is -2.95. The van der Waals surface area contributed by atoms with Crippen LogP contribution in [0.15, 0.2) is 48.7 Å². The van der Waals surface area contributed by atoms with Crippen LogP contribution in [0.2, 0.25) is 0 Å². The van der Waals surface area contributed by atoms with Gasteiger partial charge in [0.2, 0.25) is 0 Å². The summed E-state index contributed by atoms with van der Waals surface area (Å²) >= 11 is 0. The van der Waals surface area contributed by atoms with E-state index in [1.807, 2.05) is 19.1 Å². The smallest absolute Gasteiger partial charge is 0.328 e. The average molecular weight is 282 g/mol. The van der Waals surface area contributed by atoms with Crippen molar-refractivity contribution in [2.45, 2.75) is 6.92 Å². The number of hydrogen-bond donors (Lipinski definition) is 2. The number of amides is 1. The molecule has 0 radical (unpaired) electrons. The summed E-state index contributed by atoms with van der Waals surface area (Å²) in [6.45, 7) is 1.91. The standard InChI is InChI=1S/C16H14N2O3/c1-11-3-2-4-13(9-11)16(21)18-14-10-12(7-8-17-14)5-6-15(19)20/h2-10H,1H3,(H,19,20)(H,17,18,21)/b6-5+. The first-order valence-corrected chi connectivity index (χ1v) is 6.30. The van der Waals surface area contributed by atoms with E-state index < -0.39 is 5.97 Å². The number of carbonyl (C=O) groups is 2. The Morgan fingerprint density at radius 2 is 2.05 bits per heavy atom. The molecule has 0 atom stereocenters. The molecule has 5 nitrogen and oxygen atoms in total. The lowest BCUT2D eigenvalue weighted by Crippen LogP contribution is -2.13. The second kappa shape index (κ2) is 6.47. The lowest BCUT2D eigenvalue weighted by Gasteiger charge is -2.05. The second-order valence-corrected chi connectivity index (χ2v) is 4.47. The first-order valence-electron chi connectivity index (χ1n) is 6.30. The fraction of sp³-hybridized carbons (Fsp3) is 0.0625. The number of benzene rings is 1. The molecule has 1 heterocycles. The largest absolute Gasteiger partial charge is 0.478 e. The van der Waals surface area contributed by atoms with Gasteiger partial charge >= 0.3 is 5.97 Å². The minimum atomic E-state index is -1.03. The van der Waals surface area contributed by atoms with Gasteiger partial charge in [-0.05, 0) is 42.8 Å². The average Bonchev–Trinajstić information content (AvgIpc) is 2.45. The minimum absolute atomic E-state index is 0.259. The van der Waals surface area contributed by atoms with E-state index >= 15 is 0 Å². The summed E-state index contributed by atoms with van der Waals surface area (Å²) in [6, 6.07) is 10.5. The highest BCUT2D eigenvalue weighted by atomic mass is 16.4. The molecule has 1 aromatic heterocycles. The van der Waals surface area contributed by atoms with Gasteiger partial charge in [-0.1, -0.05) is 17.7 Å². The van der Waals surface area contributed by atoms with Crippen LogP contribution in [0.4, 0.5) is 5.82 Å². The lowest BCUT2D eigenvalue weighted by molar-refractivity contribution is -0.131. The van der Waals surface area contributed by atoms with Gasteiger partial charge < -0.3 is 10.4 Å². The van der Waals surface area contributed by atoms with E-state index in [0.29, 0.717) is 16.9 Å². The highest BCUT2D eigenvalue weighted by Gasteiger charge is 2.06. The first kappa shape index (κ1) is 14.5. The number of nitrogens with zero attached hydrogens (tertiary/aromatic N) is 1. The van der Waals surface area contributed by atoms with E-state index in [0.717, 1.165) is 11.6 Å². The Kier molecular flexibility index (Phi) is 4.46. The van der Waals surface area contributed by atoms with Crippen molar-refractivity contribution in [2.24, 2.45) is 0 Å². The zero-order chi connectivity index (χ0) is 15.2. The summed E-state index contributed by atoms with van der Waals surface area (Å²) in [6.07, 6.45) is 3.97. The van der Waals surface area contributed by atoms with Gasteiger partial charge in [-0.25, -0.2) is 9.78 Å². The number of rotatable bonds is 4. The summed E-state index contributed by atoms with van der Waals surface area (Å²) in [7, 11) is 0. The third kappa shape index (κ3) is 4.28. The fourth-order valence-corrected chi connectivity index (χ4v) is 1.76. The van der Waals surface area contributed by atoms with Crippen LogP contribution < -0.4 is 5.32 Å². The molecule has 1 amide bonds. The SMILES string of the molecule is Cc1cccc(C(=O)Nc2cc(/C=C/C(=O)O)ccn2)c1. The van der Waals surface area contributed by atoms with Gasteiger partial charge in [0.15, 0.2) is 0 Å². The van der Waals surface area contributed by atoms with Crippen LogP contribution in [0.3, 0.4) is 0 Å². The predicted molar refractivity (Wildman–Crippen MR) is 80.0 cm³/mol. The molecule has 0 saturated heterocycles. The zero-order valence-electron chi connectivity index (χ0n) is 11.4. The van der Waals surface area contributed by atoms with E-state index in [9.17, 15) is 9.59 Å². The molecule has 2 aromatic rings. The molecule has 1 aromatic carbocycles. The molecule has 0 aliphatic carbocycles. The Bertz CT molecular complexity index is 708.